The Morgan fingerprint density at radius 1 is 1.17 bits per heavy atom. The normalized spacial score (nSPS) is 11.9. The maximum absolute atomic E-state index is 12.1. The van der Waals surface area contributed by atoms with Crippen LogP contribution in [0.15, 0.2) is 48.8 Å². The number of fused-ring (bicyclic) bond motifs is 1. The molecule has 1 unspecified atom stereocenters. The van der Waals surface area contributed by atoms with Gasteiger partial charge in [0, 0.05) is 12.4 Å². The highest BCUT2D eigenvalue weighted by Gasteiger charge is 2.20. The summed E-state index contributed by atoms with van der Waals surface area (Å²) in [6.07, 6.45) is 2.05. The molecule has 0 aliphatic rings. The molecule has 3 rings (SSSR count). The van der Waals surface area contributed by atoms with Crippen molar-refractivity contribution < 1.29 is 14.3 Å². The molecule has 0 aliphatic carbocycles. The van der Waals surface area contributed by atoms with E-state index >= 15 is 0 Å². The van der Waals surface area contributed by atoms with Gasteiger partial charge >= 0.3 is 5.97 Å². The Morgan fingerprint density at radius 2 is 1.91 bits per heavy atom. The summed E-state index contributed by atoms with van der Waals surface area (Å²) in [6.45, 7) is 1.52. The number of pyridine rings is 1. The number of benzene rings is 1. The number of anilines is 1. The molecular weight excluding hydrogens is 314 g/mol. The summed E-state index contributed by atoms with van der Waals surface area (Å²) >= 11 is 1.37. The third-order valence-electron chi connectivity index (χ3n) is 3.09. The lowest BCUT2D eigenvalue weighted by Crippen LogP contribution is -2.29. The Labute approximate surface area is 136 Å². The molecule has 0 saturated heterocycles. The molecule has 0 radical (unpaired) electrons. The molecule has 0 fully saturated rings. The SMILES string of the molecule is CC(OC(=O)c1ccncc1)C(=O)Nc1nc2ccccc2s1. The topological polar surface area (TPSA) is 81.2 Å². The van der Waals surface area contributed by atoms with E-state index < -0.39 is 18.0 Å². The van der Waals surface area contributed by atoms with Crippen LogP contribution in [-0.2, 0) is 9.53 Å². The first kappa shape index (κ1) is 15.1. The Kier molecular flexibility index (Phi) is 4.29. The van der Waals surface area contributed by atoms with Gasteiger partial charge in [0.15, 0.2) is 11.2 Å². The second kappa shape index (κ2) is 6.53. The third kappa shape index (κ3) is 3.51. The van der Waals surface area contributed by atoms with E-state index in [1.54, 1.807) is 0 Å². The summed E-state index contributed by atoms with van der Waals surface area (Å²) in [5, 5.41) is 3.14. The molecule has 1 amide bonds. The lowest BCUT2D eigenvalue weighted by molar-refractivity contribution is -0.123. The number of hydrogen-bond acceptors (Lipinski definition) is 6. The van der Waals surface area contributed by atoms with Crippen LogP contribution in [0.5, 0.6) is 0 Å². The maximum Gasteiger partial charge on any atom is 0.339 e. The molecule has 116 valence electrons. The molecule has 0 aliphatic heterocycles. The monoisotopic (exact) mass is 327 g/mol. The van der Waals surface area contributed by atoms with Gasteiger partial charge in [-0.1, -0.05) is 23.5 Å². The second-order valence-corrected chi connectivity index (χ2v) is 5.79. The lowest BCUT2D eigenvalue weighted by atomic mass is 10.3. The number of rotatable bonds is 4. The van der Waals surface area contributed by atoms with Gasteiger partial charge < -0.3 is 4.74 Å². The number of amides is 1. The van der Waals surface area contributed by atoms with Crippen molar-refractivity contribution >= 4 is 38.6 Å². The standard InChI is InChI=1S/C16H13N3O3S/c1-10(22-15(21)11-6-8-17-9-7-11)14(20)19-16-18-12-4-2-3-5-13(12)23-16/h2-10H,1H3,(H,18,19,20). The zero-order valence-corrected chi connectivity index (χ0v) is 13.0. The first-order valence-corrected chi connectivity index (χ1v) is 7.72. The summed E-state index contributed by atoms with van der Waals surface area (Å²) in [5.41, 5.74) is 1.16. The maximum atomic E-state index is 12.1. The fraction of sp³-hybridized carbons (Fsp3) is 0.125. The van der Waals surface area contributed by atoms with E-state index in [4.69, 9.17) is 4.74 Å². The minimum absolute atomic E-state index is 0.347. The number of carbonyl (C=O) groups excluding carboxylic acids is 2. The Balaban J connectivity index is 1.64. The highest BCUT2D eigenvalue weighted by Crippen LogP contribution is 2.25. The van der Waals surface area contributed by atoms with E-state index in [0.29, 0.717) is 10.7 Å². The minimum atomic E-state index is -0.928. The van der Waals surface area contributed by atoms with E-state index in [1.165, 1.54) is 42.8 Å². The molecule has 1 aromatic carbocycles. The van der Waals surface area contributed by atoms with Crippen molar-refractivity contribution in [1.82, 2.24) is 9.97 Å². The second-order valence-electron chi connectivity index (χ2n) is 4.76. The molecule has 7 heteroatoms. The van der Waals surface area contributed by atoms with Gasteiger partial charge in [0.1, 0.15) is 0 Å². The zero-order valence-electron chi connectivity index (χ0n) is 12.2. The number of esters is 1. The predicted molar refractivity (Wildman–Crippen MR) is 87.4 cm³/mol. The van der Waals surface area contributed by atoms with Gasteiger partial charge in [-0.15, -0.1) is 0 Å². The fourth-order valence-corrected chi connectivity index (χ4v) is 2.77. The number of aromatic nitrogens is 2. The molecule has 6 nitrogen and oxygen atoms in total. The average Bonchev–Trinajstić information content (AvgIpc) is 2.97. The fourth-order valence-electron chi connectivity index (χ4n) is 1.90. The summed E-state index contributed by atoms with van der Waals surface area (Å²) in [6, 6.07) is 10.6. The van der Waals surface area contributed by atoms with Crippen molar-refractivity contribution in [3.8, 4) is 0 Å². The first-order valence-electron chi connectivity index (χ1n) is 6.91. The van der Waals surface area contributed by atoms with Crippen LogP contribution in [-0.4, -0.2) is 27.9 Å². The summed E-state index contributed by atoms with van der Waals surface area (Å²) < 4.78 is 6.12. The number of thiazole rings is 1. The molecule has 2 heterocycles. The van der Waals surface area contributed by atoms with Crippen LogP contribution in [0.2, 0.25) is 0 Å². The molecule has 0 spiro atoms. The minimum Gasteiger partial charge on any atom is -0.449 e. The number of ether oxygens (including phenoxy) is 1. The van der Waals surface area contributed by atoms with Crippen molar-refractivity contribution in [1.29, 1.82) is 0 Å². The van der Waals surface area contributed by atoms with E-state index in [9.17, 15) is 9.59 Å². The van der Waals surface area contributed by atoms with E-state index in [2.05, 4.69) is 15.3 Å². The Morgan fingerprint density at radius 3 is 2.65 bits per heavy atom. The Hall–Kier alpha value is -2.80. The summed E-state index contributed by atoms with van der Waals surface area (Å²) in [5.74, 6) is -0.995. The van der Waals surface area contributed by atoms with Crippen LogP contribution >= 0.6 is 11.3 Å². The summed E-state index contributed by atoms with van der Waals surface area (Å²) in [7, 11) is 0. The number of hydrogen-bond donors (Lipinski definition) is 1. The van der Waals surface area contributed by atoms with Gasteiger partial charge in [0.25, 0.3) is 5.91 Å². The zero-order chi connectivity index (χ0) is 16.2. The first-order chi connectivity index (χ1) is 11.1. The molecule has 3 aromatic rings. The number of para-hydroxylation sites is 1. The highest BCUT2D eigenvalue weighted by molar-refractivity contribution is 7.22. The summed E-state index contributed by atoms with van der Waals surface area (Å²) in [4.78, 5) is 32.2. The number of nitrogens with one attached hydrogen (secondary N) is 1. The molecular formula is C16H13N3O3S. The smallest absolute Gasteiger partial charge is 0.339 e. The average molecular weight is 327 g/mol. The van der Waals surface area contributed by atoms with Crippen molar-refractivity contribution in [3.63, 3.8) is 0 Å². The van der Waals surface area contributed by atoms with Gasteiger partial charge in [0.05, 0.1) is 15.8 Å². The van der Waals surface area contributed by atoms with Crippen LogP contribution in [0.4, 0.5) is 5.13 Å². The van der Waals surface area contributed by atoms with Crippen LogP contribution in [0.1, 0.15) is 17.3 Å². The highest BCUT2D eigenvalue weighted by atomic mass is 32.1. The molecule has 2 aromatic heterocycles. The van der Waals surface area contributed by atoms with Crippen LogP contribution in [0.3, 0.4) is 0 Å². The van der Waals surface area contributed by atoms with Crippen LogP contribution in [0.25, 0.3) is 10.2 Å². The molecule has 0 saturated carbocycles. The number of nitrogens with zero attached hydrogens (tertiary/aromatic N) is 2. The Bertz CT molecular complexity index is 815. The molecule has 1 atom stereocenters. The van der Waals surface area contributed by atoms with Crippen molar-refractivity contribution in [2.75, 3.05) is 5.32 Å². The van der Waals surface area contributed by atoms with Gasteiger partial charge in [0.2, 0.25) is 0 Å². The quantitative estimate of drug-likeness (QED) is 0.745. The molecule has 0 bridgehead atoms. The van der Waals surface area contributed by atoms with Gasteiger partial charge in [-0.25, -0.2) is 9.78 Å². The van der Waals surface area contributed by atoms with Gasteiger partial charge in [-0.3, -0.25) is 15.1 Å². The molecule has 1 N–H and O–H groups in total. The van der Waals surface area contributed by atoms with E-state index in [0.717, 1.165) is 10.2 Å². The van der Waals surface area contributed by atoms with E-state index in [-0.39, 0.29) is 0 Å². The van der Waals surface area contributed by atoms with Crippen LogP contribution < -0.4 is 5.32 Å². The van der Waals surface area contributed by atoms with Crippen molar-refractivity contribution in [2.24, 2.45) is 0 Å². The third-order valence-corrected chi connectivity index (χ3v) is 4.04. The van der Waals surface area contributed by atoms with Crippen molar-refractivity contribution in [2.45, 2.75) is 13.0 Å². The van der Waals surface area contributed by atoms with Crippen molar-refractivity contribution in [3.05, 3.63) is 54.4 Å². The lowest BCUT2D eigenvalue weighted by Gasteiger charge is -2.12. The van der Waals surface area contributed by atoms with Gasteiger partial charge in [-0.2, -0.15) is 0 Å². The van der Waals surface area contributed by atoms with Crippen LogP contribution in [0, 0.1) is 0 Å². The van der Waals surface area contributed by atoms with E-state index in [1.807, 2.05) is 24.3 Å². The predicted octanol–water partition coefficient (Wildman–Crippen LogP) is 2.88. The number of carbonyl (C=O) groups is 2. The largest absolute Gasteiger partial charge is 0.449 e. The van der Waals surface area contributed by atoms with Gasteiger partial charge in [-0.05, 0) is 31.2 Å². The molecule has 23 heavy (non-hydrogen) atoms.